The smallest absolute Gasteiger partial charge is 0.257 e. The number of benzene rings is 1. The highest BCUT2D eigenvalue weighted by Gasteiger charge is 2.18. The molecule has 0 aliphatic heterocycles. The Bertz CT molecular complexity index is 552. The van der Waals surface area contributed by atoms with E-state index in [0.29, 0.717) is 6.54 Å². The Kier molecular flexibility index (Phi) is 3.18. The largest absolute Gasteiger partial charge is 0.504 e. The number of aromatic amines is 1. The van der Waals surface area contributed by atoms with Gasteiger partial charge in [0, 0.05) is 25.4 Å². The van der Waals surface area contributed by atoms with Crippen molar-refractivity contribution in [1.29, 1.82) is 0 Å². The maximum absolute atomic E-state index is 12.1. The maximum Gasteiger partial charge on any atom is 0.257 e. The monoisotopic (exact) mass is 247 g/mol. The fraction of sp³-hybridized carbons (Fsp3) is 0.167. The number of nitrogens with one attached hydrogen (secondary N) is 1. The van der Waals surface area contributed by atoms with E-state index < -0.39 is 5.75 Å². The van der Waals surface area contributed by atoms with E-state index in [0.717, 1.165) is 5.56 Å². The van der Waals surface area contributed by atoms with Crippen LogP contribution in [-0.4, -0.2) is 38.3 Å². The highest BCUT2D eigenvalue weighted by Crippen LogP contribution is 2.29. The summed E-state index contributed by atoms with van der Waals surface area (Å²) in [7, 11) is 1.61. The summed E-state index contributed by atoms with van der Waals surface area (Å²) in [6.45, 7) is 0.366. The lowest BCUT2D eigenvalue weighted by Crippen LogP contribution is -2.26. The topological polar surface area (TPSA) is 89.5 Å². The van der Waals surface area contributed by atoms with Crippen molar-refractivity contribution in [3.63, 3.8) is 0 Å². The average Bonchev–Trinajstić information content (AvgIpc) is 2.84. The number of hydrogen-bond donors (Lipinski definition) is 3. The van der Waals surface area contributed by atoms with Crippen LogP contribution in [-0.2, 0) is 6.54 Å². The van der Waals surface area contributed by atoms with Crippen LogP contribution in [0.15, 0.2) is 30.6 Å². The minimum absolute atomic E-state index is 0.0704. The quantitative estimate of drug-likeness (QED) is 0.708. The summed E-state index contributed by atoms with van der Waals surface area (Å²) in [4.78, 5) is 13.5. The van der Waals surface area contributed by atoms with Crippen LogP contribution >= 0.6 is 0 Å². The summed E-state index contributed by atoms with van der Waals surface area (Å²) >= 11 is 0. The fourth-order valence-electron chi connectivity index (χ4n) is 1.62. The van der Waals surface area contributed by atoms with Crippen LogP contribution in [0.5, 0.6) is 11.5 Å². The molecule has 1 heterocycles. The van der Waals surface area contributed by atoms with E-state index in [1.54, 1.807) is 19.4 Å². The molecule has 1 aromatic heterocycles. The van der Waals surface area contributed by atoms with Gasteiger partial charge < -0.3 is 15.1 Å². The molecule has 0 atom stereocenters. The van der Waals surface area contributed by atoms with Gasteiger partial charge in [-0.15, -0.1) is 0 Å². The summed E-state index contributed by atoms with van der Waals surface area (Å²) in [5, 5.41) is 25.4. The molecule has 6 heteroatoms. The Labute approximate surface area is 103 Å². The van der Waals surface area contributed by atoms with Gasteiger partial charge in [0.15, 0.2) is 11.5 Å². The molecule has 2 rings (SSSR count). The highest BCUT2D eigenvalue weighted by atomic mass is 16.3. The number of carbonyl (C=O) groups is 1. The molecule has 0 bridgehead atoms. The molecule has 0 aliphatic rings. The van der Waals surface area contributed by atoms with Crippen molar-refractivity contribution < 1.29 is 15.0 Å². The number of nitrogens with zero attached hydrogens (tertiary/aromatic N) is 2. The van der Waals surface area contributed by atoms with Crippen molar-refractivity contribution in [3.05, 3.63) is 41.7 Å². The van der Waals surface area contributed by atoms with E-state index in [1.165, 1.54) is 23.1 Å². The second-order valence-corrected chi connectivity index (χ2v) is 3.94. The van der Waals surface area contributed by atoms with Crippen molar-refractivity contribution in [2.24, 2.45) is 0 Å². The Morgan fingerprint density at radius 1 is 1.44 bits per heavy atom. The Balaban J connectivity index is 2.18. The van der Waals surface area contributed by atoms with Crippen molar-refractivity contribution in [2.75, 3.05) is 7.05 Å². The van der Waals surface area contributed by atoms with Gasteiger partial charge in [-0.1, -0.05) is 6.07 Å². The predicted molar refractivity (Wildman–Crippen MR) is 64.2 cm³/mol. The zero-order chi connectivity index (χ0) is 13.1. The standard InChI is InChI=1S/C12H13N3O3/c1-15(7-8-5-13-14-6-8)12(18)9-3-2-4-10(16)11(9)17/h2-6,16-17H,7H2,1H3,(H,13,14). The number of carbonyl (C=O) groups excluding carboxylic acids is 1. The first-order valence-electron chi connectivity index (χ1n) is 5.33. The summed E-state index contributed by atoms with van der Waals surface area (Å²) in [6.07, 6.45) is 3.30. The van der Waals surface area contributed by atoms with E-state index in [1.807, 2.05) is 0 Å². The summed E-state index contributed by atoms with van der Waals surface area (Å²) in [5.74, 6) is -1.08. The van der Waals surface area contributed by atoms with Gasteiger partial charge in [0.2, 0.25) is 0 Å². The van der Waals surface area contributed by atoms with Crippen LogP contribution in [0.4, 0.5) is 0 Å². The molecular formula is C12H13N3O3. The lowest BCUT2D eigenvalue weighted by atomic mass is 10.1. The Morgan fingerprint density at radius 2 is 2.22 bits per heavy atom. The molecule has 0 saturated carbocycles. The fourth-order valence-corrected chi connectivity index (χ4v) is 1.62. The van der Waals surface area contributed by atoms with Crippen LogP contribution in [0.3, 0.4) is 0 Å². The average molecular weight is 247 g/mol. The van der Waals surface area contributed by atoms with E-state index >= 15 is 0 Å². The van der Waals surface area contributed by atoms with E-state index in [4.69, 9.17) is 0 Å². The molecule has 0 spiro atoms. The Hall–Kier alpha value is -2.50. The first-order chi connectivity index (χ1) is 8.59. The van der Waals surface area contributed by atoms with Gasteiger partial charge in [-0.05, 0) is 12.1 Å². The number of hydrogen-bond acceptors (Lipinski definition) is 4. The molecular weight excluding hydrogens is 234 g/mol. The first-order valence-corrected chi connectivity index (χ1v) is 5.33. The molecule has 2 aromatic rings. The van der Waals surface area contributed by atoms with Crippen LogP contribution in [0.25, 0.3) is 0 Å². The van der Waals surface area contributed by atoms with Gasteiger partial charge in [0.25, 0.3) is 5.91 Å². The molecule has 0 unspecified atom stereocenters. The molecule has 1 amide bonds. The highest BCUT2D eigenvalue weighted by molar-refractivity contribution is 5.97. The number of aromatic hydroxyl groups is 2. The van der Waals surface area contributed by atoms with Crippen molar-refractivity contribution in [1.82, 2.24) is 15.1 Å². The zero-order valence-electron chi connectivity index (χ0n) is 9.79. The van der Waals surface area contributed by atoms with Crippen LogP contribution in [0.1, 0.15) is 15.9 Å². The third-order valence-corrected chi connectivity index (χ3v) is 2.57. The van der Waals surface area contributed by atoms with E-state index in [2.05, 4.69) is 10.2 Å². The van der Waals surface area contributed by atoms with Gasteiger partial charge in [-0.2, -0.15) is 5.10 Å². The SMILES string of the molecule is CN(Cc1cn[nH]c1)C(=O)c1cccc(O)c1O. The van der Waals surface area contributed by atoms with Gasteiger partial charge in [0.1, 0.15) is 0 Å². The molecule has 0 fully saturated rings. The van der Waals surface area contributed by atoms with Crippen LogP contribution in [0, 0.1) is 0 Å². The third kappa shape index (κ3) is 2.27. The minimum atomic E-state index is -0.401. The molecule has 94 valence electrons. The number of phenols is 2. The van der Waals surface area contributed by atoms with Crippen molar-refractivity contribution in [2.45, 2.75) is 6.54 Å². The predicted octanol–water partition coefficient (Wildman–Crippen LogP) is 1.09. The van der Waals surface area contributed by atoms with Gasteiger partial charge in [-0.3, -0.25) is 9.89 Å². The van der Waals surface area contributed by atoms with Crippen molar-refractivity contribution in [3.8, 4) is 11.5 Å². The molecule has 0 radical (unpaired) electrons. The van der Waals surface area contributed by atoms with Gasteiger partial charge >= 0.3 is 0 Å². The number of aromatic nitrogens is 2. The molecule has 6 nitrogen and oxygen atoms in total. The minimum Gasteiger partial charge on any atom is -0.504 e. The lowest BCUT2D eigenvalue weighted by Gasteiger charge is -2.17. The number of rotatable bonds is 3. The molecule has 1 aromatic carbocycles. The maximum atomic E-state index is 12.1. The van der Waals surface area contributed by atoms with Crippen LogP contribution < -0.4 is 0 Å². The van der Waals surface area contributed by atoms with Crippen molar-refractivity contribution >= 4 is 5.91 Å². The Morgan fingerprint density at radius 3 is 2.89 bits per heavy atom. The number of H-pyrrole nitrogens is 1. The zero-order valence-corrected chi connectivity index (χ0v) is 9.79. The van der Waals surface area contributed by atoms with Crippen LogP contribution in [0.2, 0.25) is 0 Å². The van der Waals surface area contributed by atoms with E-state index in [9.17, 15) is 15.0 Å². The number of phenolic OH excluding ortho intramolecular Hbond substituents is 2. The van der Waals surface area contributed by atoms with Gasteiger partial charge in [0.05, 0.1) is 11.8 Å². The molecule has 0 saturated heterocycles. The first kappa shape index (κ1) is 12.0. The van der Waals surface area contributed by atoms with E-state index in [-0.39, 0.29) is 17.2 Å². The summed E-state index contributed by atoms with van der Waals surface area (Å²) < 4.78 is 0. The molecule has 18 heavy (non-hydrogen) atoms. The second kappa shape index (κ2) is 4.79. The third-order valence-electron chi connectivity index (χ3n) is 2.57. The normalized spacial score (nSPS) is 10.3. The lowest BCUT2D eigenvalue weighted by molar-refractivity contribution is 0.0781. The summed E-state index contributed by atoms with van der Waals surface area (Å²) in [6, 6.07) is 4.29. The second-order valence-electron chi connectivity index (χ2n) is 3.94. The molecule has 3 N–H and O–H groups in total. The number of para-hydroxylation sites is 1. The number of amides is 1. The van der Waals surface area contributed by atoms with Gasteiger partial charge in [-0.25, -0.2) is 0 Å². The molecule has 0 aliphatic carbocycles. The summed E-state index contributed by atoms with van der Waals surface area (Å²) in [5.41, 5.74) is 0.923.